The molecule has 0 saturated heterocycles. The van der Waals surface area contributed by atoms with Crippen LogP contribution in [0.1, 0.15) is 33.1 Å². The Morgan fingerprint density at radius 3 is 2.44 bits per heavy atom. The van der Waals surface area contributed by atoms with Crippen molar-refractivity contribution < 1.29 is 4.74 Å². The van der Waals surface area contributed by atoms with Crippen LogP contribution < -0.4 is 10.5 Å². The average Bonchev–Trinajstić information content (AvgIpc) is 2.30. The SMILES string of the molecule is CC(C)(CN)CCCCOc1ccccc1. The van der Waals surface area contributed by atoms with E-state index in [0.29, 0.717) is 0 Å². The topological polar surface area (TPSA) is 35.2 Å². The van der Waals surface area contributed by atoms with Crippen LogP contribution in [0.25, 0.3) is 0 Å². The maximum Gasteiger partial charge on any atom is 0.119 e. The Morgan fingerprint density at radius 2 is 1.81 bits per heavy atom. The first kappa shape index (κ1) is 13.0. The number of para-hydroxylation sites is 1. The van der Waals surface area contributed by atoms with Crippen LogP contribution in [0.4, 0.5) is 0 Å². The van der Waals surface area contributed by atoms with Crippen LogP contribution in [0.3, 0.4) is 0 Å². The van der Waals surface area contributed by atoms with Crippen LogP contribution >= 0.6 is 0 Å². The summed E-state index contributed by atoms with van der Waals surface area (Å²) >= 11 is 0. The van der Waals surface area contributed by atoms with Gasteiger partial charge < -0.3 is 10.5 Å². The molecule has 0 radical (unpaired) electrons. The Kier molecular flexibility index (Phi) is 5.33. The summed E-state index contributed by atoms with van der Waals surface area (Å²) in [5.41, 5.74) is 5.95. The fourth-order valence-corrected chi connectivity index (χ4v) is 1.51. The normalized spacial score (nSPS) is 11.4. The highest BCUT2D eigenvalue weighted by Gasteiger charge is 2.14. The van der Waals surface area contributed by atoms with Crippen LogP contribution in [-0.4, -0.2) is 13.2 Å². The summed E-state index contributed by atoms with van der Waals surface area (Å²) in [5.74, 6) is 0.959. The van der Waals surface area contributed by atoms with Gasteiger partial charge in [-0.3, -0.25) is 0 Å². The van der Waals surface area contributed by atoms with Crippen LogP contribution in [-0.2, 0) is 0 Å². The molecule has 90 valence electrons. The Morgan fingerprint density at radius 1 is 1.12 bits per heavy atom. The van der Waals surface area contributed by atoms with Gasteiger partial charge in [0.2, 0.25) is 0 Å². The van der Waals surface area contributed by atoms with E-state index < -0.39 is 0 Å². The van der Waals surface area contributed by atoms with Gasteiger partial charge >= 0.3 is 0 Å². The third kappa shape index (κ3) is 5.17. The lowest BCUT2D eigenvalue weighted by Crippen LogP contribution is -2.23. The molecule has 0 aliphatic carbocycles. The van der Waals surface area contributed by atoms with E-state index in [0.717, 1.165) is 25.3 Å². The molecule has 0 bridgehead atoms. The molecule has 0 fully saturated rings. The minimum absolute atomic E-state index is 0.271. The molecule has 0 saturated carbocycles. The highest BCUT2D eigenvalue weighted by Crippen LogP contribution is 2.21. The summed E-state index contributed by atoms with van der Waals surface area (Å²) < 4.78 is 5.62. The van der Waals surface area contributed by atoms with Crippen molar-refractivity contribution in [3.63, 3.8) is 0 Å². The Hall–Kier alpha value is -1.02. The number of ether oxygens (including phenoxy) is 1. The van der Waals surface area contributed by atoms with E-state index in [4.69, 9.17) is 10.5 Å². The molecule has 0 unspecified atom stereocenters. The first-order chi connectivity index (χ1) is 7.64. The van der Waals surface area contributed by atoms with E-state index >= 15 is 0 Å². The van der Waals surface area contributed by atoms with Gasteiger partial charge in [-0.05, 0) is 43.4 Å². The summed E-state index contributed by atoms with van der Waals surface area (Å²) in [7, 11) is 0. The van der Waals surface area contributed by atoms with Crippen molar-refractivity contribution in [1.82, 2.24) is 0 Å². The fraction of sp³-hybridized carbons (Fsp3) is 0.571. The molecule has 2 nitrogen and oxygen atoms in total. The molecule has 0 amide bonds. The number of rotatable bonds is 7. The molecule has 16 heavy (non-hydrogen) atoms. The van der Waals surface area contributed by atoms with E-state index in [-0.39, 0.29) is 5.41 Å². The van der Waals surface area contributed by atoms with E-state index in [2.05, 4.69) is 13.8 Å². The minimum Gasteiger partial charge on any atom is -0.494 e. The summed E-state index contributed by atoms with van der Waals surface area (Å²) in [6.45, 7) is 5.98. The molecular formula is C14H23NO. The van der Waals surface area contributed by atoms with Gasteiger partial charge in [0.25, 0.3) is 0 Å². The van der Waals surface area contributed by atoms with Gasteiger partial charge in [-0.2, -0.15) is 0 Å². The molecule has 0 spiro atoms. The van der Waals surface area contributed by atoms with Gasteiger partial charge in [0.05, 0.1) is 6.61 Å². The van der Waals surface area contributed by atoms with E-state index in [9.17, 15) is 0 Å². The molecule has 1 aromatic rings. The fourth-order valence-electron chi connectivity index (χ4n) is 1.51. The Labute approximate surface area is 98.8 Å². The molecule has 2 N–H and O–H groups in total. The van der Waals surface area contributed by atoms with Gasteiger partial charge in [0.15, 0.2) is 0 Å². The predicted octanol–water partition coefficient (Wildman–Crippen LogP) is 3.22. The number of unbranched alkanes of at least 4 members (excludes halogenated alkanes) is 1. The smallest absolute Gasteiger partial charge is 0.119 e. The molecule has 0 atom stereocenters. The average molecular weight is 221 g/mol. The number of nitrogens with two attached hydrogens (primary N) is 1. The van der Waals surface area contributed by atoms with Crippen molar-refractivity contribution in [2.75, 3.05) is 13.2 Å². The van der Waals surface area contributed by atoms with Crippen molar-refractivity contribution in [3.05, 3.63) is 30.3 Å². The maximum absolute atomic E-state index is 5.68. The zero-order valence-electron chi connectivity index (χ0n) is 10.4. The van der Waals surface area contributed by atoms with E-state index in [1.54, 1.807) is 0 Å². The predicted molar refractivity (Wildman–Crippen MR) is 68.6 cm³/mol. The molecule has 0 aromatic heterocycles. The maximum atomic E-state index is 5.68. The second-order valence-electron chi connectivity index (χ2n) is 4.99. The largest absolute Gasteiger partial charge is 0.494 e. The van der Waals surface area contributed by atoms with Crippen LogP contribution in [0.15, 0.2) is 30.3 Å². The van der Waals surface area contributed by atoms with Gasteiger partial charge in [0, 0.05) is 0 Å². The van der Waals surface area contributed by atoms with Gasteiger partial charge in [-0.25, -0.2) is 0 Å². The van der Waals surface area contributed by atoms with Crippen LogP contribution in [0.5, 0.6) is 5.75 Å². The van der Waals surface area contributed by atoms with Gasteiger partial charge in [-0.1, -0.05) is 32.0 Å². The summed E-state index contributed by atoms with van der Waals surface area (Å²) in [4.78, 5) is 0. The first-order valence-corrected chi connectivity index (χ1v) is 6.02. The molecule has 1 rings (SSSR count). The lowest BCUT2D eigenvalue weighted by Gasteiger charge is -2.21. The quantitative estimate of drug-likeness (QED) is 0.717. The monoisotopic (exact) mass is 221 g/mol. The van der Waals surface area contributed by atoms with Gasteiger partial charge in [-0.15, -0.1) is 0 Å². The zero-order valence-corrected chi connectivity index (χ0v) is 10.4. The van der Waals surface area contributed by atoms with Gasteiger partial charge in [0.1, 0.15) is 5.75 Å². The molecule has 0 aliphatic rings. The lowest BCUT2D eigenvalue weighted by atomic mass is 9.87. The van der Waals surface area contributed by atoms with Crippen molar-refractivity contribution in [2.24, 2.45) is 11.1 Å². The minimum atomic E-state index is 0.271. The Balaban J connectivity index is 2.09. The van der Waals surface area contributed by atoms with Crippen molar-refractivity contribution in [2.45, 2.75) is 33.1 Å². The standard InChI is InChI=1S/C14H23NO/c1-14(2,12-15)10-6-7-11-16-13-8-4-3-5-9-13/h3-5,8-9H,6-7,10-12,15H2,1-2H3. The lowest BCUT2D eigenvalue weighted by molar-refractivity contribution is 0.279. The second kappa shape index (κ2) is 6.54. The van der Waals surface area contributed by atoms with E-state index in [1.807, 2.05) is 30.3 Å². The number of benzene rings is 1. The highest BCUT2D eigenvalue weighted by atomic mass is 16.5. The van der Waals surface area contributed by atoms with Crippen LogP contribution in [0.2, 0.25) is 0 Å². The molecule has 0 heterocycles. The second-order valence-corrected chi connectivity index (χ2v) is 4.99. The van der Waals surface area contributed by atoms with E-state index in [1.165, 1.54) is 12.8 Å². The molecule has 1 aromatic carbocycles. The zero-order chi connectivity index (χ0) is 11.9. The number of hydrogen-bond acceptors (Lipinski definition) is 2. The van der Waals surface area contributed by atoms with Crippen molar-refractivity contribution in [3.8, 4) is 5.75 Å². The molecule has 2 heteroatoms. The Bertz CT molecular complexity index is 282. The third-order valence-corrected chi connectivity index (χ3v) is 2.81. The van der Waals surface area contributed by atoms with Crippen molar-refractivity contribution in [1.29, 1.82) is 0 Å². The summed E-state index contributed by atoms with van der Waals surface area (Å²) in [6, 6.07) is 9.96. The molecule has 0 aliphatic heterocycles. The highest BCUT2D eigenvalue weighted by molar-refractivity contribution is 5.20. The summed E-state index contributed by atoms with van der Waals surface area (Å²) in [5, 5.41) is 0. The van der Waals surface area contributed by atoms with Crippen molar-refractivity contribution >= 4 is 0 Å². The van der Waals surface area contributed by atoms with Crippen LogP contribution in [0, 0.1) is 5.41 Å². The first-order valence-electron chi connectivity index (χ1n) is 6.02. The molecular weight excluding hydrogens is 198 g/mol. The number of hydrogen-bond donors (Lipinski definition) is 1. The third-order valence-electron chi connectivity index (χ3n) is 2.81. The summed E-state index contributed by atoms with van der Waals surface area (Å²) in [6.07, 6.45) is 3.44.